The van der Waals surface area contributed by atoms with Gasteiger partial charge in [0.15, 0.2) is 0 Å². The van der Waals surface area contributed by atoms with Gasteiger partial charge in [0.1, 0.15) is 0 Å². The summed E-state index contributed by atoms with van der Waals surface area (Å²) in [4.78, 5) is 19.0. The second kappa shape index (κ2) is 7.57. The Balaban J connectivity index is 1.73. The van der Waals surface area contributed by atoms with Gasteiger partial charge in [-0.15, -0.1) is 0 Å². The van der Waals surface area contributed by atoms with E-state index in [-0.39, 0.29) is 18.1 Å². The molecule has 2 aromatic heterocycles. The molecule has 24 heavy (non-hydrogen) atoms. The van der Waals surface area contributed by atoms with Crippen LogP contribution < -0.4 is 0 Å². The maximum atomic E-state index is 12.8. The summed E-state index contributed by atoms with van der Waals surface area (Å²) >= 11 is 0. The fourth-order valence-electron chi connectivity index (χ4n) is 3.36. The Hall–Kier alpha value is -2.21. The molecule has 0 radical (unpaired) electrons. The van der Waals surface area contributed by atoms with Crippen molar-refractivity contribution in [1.82, 2.24) is 19.7 Å². The van der Waals surface area contributed by atoms with Gasteiger partial charge in [0.2, 0.25) is 5.91 Å². The van der Waals surface area contributed by atoms with Gasteiger partial charge >= 0.3 is 0 Å². The topological polar surface area (TPSA) is 60.2 Å². The van der Waals surface area contributed by atoms with Crippen molar-refractivity contribution in [2.75, 3.05) is 13.2 Å². The number of likely N-dealkylation sites (tertiary alicyclic amines) is 1. The molecular weight excluding hydrogens is 304 g/mol. The van der Waals surface area contributed by atoms with Crippen LogP contribution in [0.1, 0.15) is 24.6 Å². The van der Waals surface area contributed by atoms with Crippen molar-refractivity contribution in [1.29, 1.82) is 0 Å². The van der Waals surface area contributed by atoms with E-state index in [1.54, 1.807) is 10.9 Å². The molecule has 1 saturated heterocycles. The number of hydrogen-bond acceptors (Lipinski definition) is 4. The predicted octanol–water partition coefficient (Wildman–Crippen LogP) is 1.61. The van der Waals surface area contributed by atoms with Crippen LogP contribution in [0, 0.1) is 0 Å². The fraction of sp³-hybridized carbons (Fsp3) is 0.500. The molecule has 0 saturated carbocycles. The molecule has 0 spiro atoms. The first-order valence-corrected chi connectivity index (χ1v) is 8.46. The zero-order chi connectivity index (χ0) is 16.9. The predicted molar refractivity (Wildman–Crippen MR) is 90.4 cm³/mol. The average molecular weight is 328 g/mol. The summed E-state index contributed by atoms with van der Waals surface area (Å²) in [6.07, 6.45) is 7.67. The minimum absolute atomic E-state index is 0.0605. The summed E-state index contributed by atoms with van der Waals surface area (Å²) in [6.45, 7) is 3.40. The van der Waals surface area contributed by atoms with Crippen LogP contribution in [-0.4, -0.2) is 50.9 Å². The van der Waals surface area contributed by atoms with Gasteiger partial charge in [0, 0.05) is 38.3 Å². The van der Waals surface area contributed by atoms with Crippen molar-refractivity contribution >= 4 is 5.91 Å². The zero-order valence-corrected chi connectivity index (χ0v) is 14.3. The molecule has 0 N–H and O–H groups in total. The Kier molecular flexibility index (Phi) is 5.25. The molecular formula is C18H24N4O2. The largest absolute Gasteiger partial charge is 0.376 e. The van der Waals surface area contributed by atoms with Crippen LogP contribution in [0.5, 0.6) is 0 Å². The molecule has 6 nitrogen and oxygen atoms in total. The minimum Gasteiger partial charge on any atom is -0.376 e. The second-order valence-electron chi connectivity index (χ2n) is 6.16. The number of hydrogen-bond donors (Lipinski definition) is 0. The summed E-state index contributed by atoms with van der Waals surface area (Å²) in [5.74, 6) is 0.116. The van der Waals surface area contributed by atoms with Crippen molar-refractivity contribution in [3.05, 3.63) is 48.0 Å². The van der Waals surface area contributed by atoms with Crippen LogP contribution in [0.25, 0.3) is 0 Å². The lowest BCUT2D eigenvalue weighted by Gasteiger charge is -2.28. The summed E-state index contributed by atoms with van der Waals surface area (Å²) in [6, 6.07) is 5.73. The Labute approximate surface area is 142 Å². The molecule has 0 bridgehead atoms. The first kappa shape index (κ1) is 16.6. The molecule has 1 aliphatic rings. The average Bonchev–Trinajstić information content (AvgIpc) is 3.16. The third-order valence-corrected chi connectivity index (χ3v) is 4.45. The van der Waals surface area contributed by atoms with Crippen LogP contribution in [0.4, 0.5) is 0 Å². The molecule has 2 aromatic rings. The standard InChI is InChI=1S/C18H24N4O2/c1-3-24-17-7-9-22(16(17)10-14-12-20-21(2)13-14)18(23)11-15-6-4-5-8-19-15/h4-6,8,12-13,16-17H,3,7,9-11H2,1-2H3/t16-,17-/m1/s1. The Morgan fingerprint density at radius 2 is 2.29 bits per heavy atom. The summed E-state index contributed by atoms with van der Waals surface area (Å²) < 4.78 is 7.68. The summed E-state index contributed by atoms with van der Waals surface area (Å²) in [5.41, 5.74) is 1.94. The summed E-state index contributed by atoms with van der Waals surface area (Å²) in [5, 5.41) is 4.23. The molecule has 1 amide bonds. The molecule has 0 aromatic carbocycles. The smallest absolute Gasteiger partial charge is 0.228 e. The monoisotopic (exact) mass is 328 g/mol. The third-order valence-electron chi connectivity index (χ3n) is 4.45. The highest BCUT2D eigenvalue weighted by Crippen LogP contribution is 2.25. The first-order chi connectivity index (χ1) is 11.7. The maximum absolute atomic E-state index is 12.8. The van der Waals surface area contributed by atoms with E-state index in [2.05, 4.69) is 10.1 Å². The molecule has 1 fully saturated rings. The molecule has 2 atom stereocenters. The minimum atomic E-state index is 0.0605. The van der Waals surface area contributed by atoms with Crippen molar-refractivity contribution in [2.45, 2.75) is 38.3 Å². The Bertz CT molecular complexity index is 671. The van der Waals surface area contributed by atoms with Gasteiger partial charge in [-0.1, -0.05) is 6.07 Å². The maximum Gasteiger partial charge on any atom is 0.228 e. The molecule has 3 rings (SSSR count). The SMILES string of the molecule is CCO[C@@H]1CCN(C(=O)Cc2ccccn2)[C@@H]1Cc1cnn(C)c1. The van der Waals surface area contributed by atoms with E-state index >= 15 is 0 Å². The van der Waals surface area contributed by atoms with Crippen LogP contribution in [0.3, 0.4) is 0 Å². The molecule has 3 heterocycles. The lowest BCUT2D eigenvalue weighted by atomic mass is 10.0. The number of aryl methyl sites for hydroxylation is 1. The van der Waals surface area contributed by atoms with E-state index in [1.807, 2.05) is 49.5 Å². The van der Waals surface area contributed by atoms with Gasteiger partial charge in [-0.2, -0.15) is 5.10 Å². The molecule has 6 heteroatoms. The van der Waals surface area contributed by atoms with Gasteiger partial charge in [0.05, 0.1) is 24.8 Å². The fourth-order valence-corrected chi connectivity index (χ4v) is 3.36. The lowest BCUT2D eigenvalue weighted by Crippen LogP contribution is -2.42. The molecule has 1 aliphatic heterocycles. The highest BCUT2D eigenvalue weighted by Gasteiger charge is 2.37. The highest BCUT2D eigenvalue weighted by atomic mass is 16.5. The van der Waals surface area contributed by atoms with E-state index in [0.29, 0.717) is 13.0 Å². The van der Waals surface area contributed by atoms with E-state index in [1.165, 1.54) is 0 Å². The highest BCUT2D eigenvalue weighted by molar-refractivity contribution is 5.79. The second-order valence-corrected chi connectivity index (χ2v) is 6.16. The van der Waals surface area contributed by atoms with E-state index < -0.39 is 0 Å². The van der Waals surface area contributed by atoms with Crippen molar-refractivity contribution in [3.63, 3.8) is 0 Å². The Morgan fingerprint density at radius 1 is 1.42 bits per heavy atom. The Morgan fingerprint density at radius 3 is 2.96 bits per heavy atom. The number of aromatic nitrogens is 3. The van der Waals surface area contributed by atoms with Crippen LogP contribution in [-0.2, 0) is 29.4 Å². The van der Waals surface area contributed by atoms with Gasteiger partial charge in [-0.25, -0.2) is 0 Å². The van der Waals surface area contributed by atoms with E-state index in [0.717, 1.165) is 30.6 Å². The molecule has 0 unspecified atom stereocenters. The normalized spacial score (nSPS) is 20.5. The molecule has 128 valence electrons. The van der Waals surface area contributed by atoms with Gasteiger partial charge < -0.3 is 9.64 Å². The van der Waals surface area contributed by atoms with Crippen molar-refractivity contribution in [2.24, 2.45) is 7.05 Å². The summed E-state index contributed by atoms with van der Waals surface area (Å²) in [7, 11) is 1.90. The van der Waals surface area contributed by atoms with Crippen LogP contribution in [0.2, 0.25) is 0 Å². The third kappa shape index (κ3) is 3.82. The lowest BCUT2D eigenvalue weighted by molar-refractivity contribution is -0.132. The van der Waals surface area contributed by atoms with Crippen molar-refractivity contribution < 1.29 is 9.53 Å². The number of ether oxygens (including phenoxy) is 1. The number of nitrogens with zero attached hydrogens (tertiary/aromatic N) is 4. The van der Waals surface area contributed by atoms with Crippen molar-refractivity contribution in [3.8, 4) is 0 Å². The van der Waals surface area contributed by atoms with Crippen LogP contribution in [0.15, 0.2) is 36.8 Å². The number of pyridine rings is 1. The quantitative estimate of drug-likeness (QED) is 0.808. The van der Waals surface area contributed by atoms with Gasteiger partial charge in [0.25, 0.3) is 0 Å². The first-order valence-electron chi connectivity index (χ1n) is 8.46. The number of rotatable bonds is 6. The number of carbonyl (C=O) groups is 1. The van der Waals surface area contributed by atoms with Crippen LogP contribution >= 0.6 is 0 Å². The van der Waals surface area contributed by atoms with E-state index in [9.17, 15) is 4.79 Å². The number of amides is 1. The zero-order valence-electron chi connectivity index (χ0n) is 14.3. The van der Waals surface area contributed by atoms with Gasteiger partial charge in [-0.3, -0.25) is 14.5 Å². The van der Waals surface area contributed by atoms with E-state index in [4.69, 9.17) is 4.74 Å². The number of carbonyl (C=O) groups excluding carboxylic acids is 1. The van der Waals surface area contributed by atoms with Gasteiger partial charge in [-0.05, 0) is 37.5 Å². The molecule has 0 aliphatic carbocycles.